The molecule has 98 valence electrons. The van der Waals surface area contributed by atoms with Crippen LogP contribution < -0.4 is 5.32 Å². The number of nitriles is 1. The summed E-state index contributed by atoms with van der Waals surface area (Å²) in [6.45, 7) is 5.35. The second kappa shape index (κ2) is 4.61. The van der Waals surface area contributed by atoms with Crippen molar-refractivity contribution in [1.82, 2.24) is 9.97 Å². The summed E-state index contributed by atoms with van der Waals surface area (Å²) < 4.78 is 5.12. The zero-order chi connectivity index (χ0) is 14.0. The molecule has 1 aromatic heterocycles. The number of hydrogen-bond donors (Lipinski definition) is 2. The number of rotatable bonds is 1. The number of nitrogens with one attached hydrogen (secondary N) is 2. The summed E-state index contributed by atoms with van der Waals surface area (Å²) in [6.07, 6.45) is -0.577. The normalized spacial score (nSPS) is 11.1. The number of aromatic amines is 1. The number of imidazole rings is 1. The fourth-order valence-electron chi connectivity index (χ4n) is 1.54. The van der Waals surface area contributed by atoms with Crippen molar-refractivity contribution in [3.05, 3.63) is 23.8 Å². The Morgan fingerprint density at radius 2 is 2.21 bits per heavy atom. The molecule has 6 nitrogen and oxygen atoms in total. The van der Waals surface area contributed by atoms with Crippen LogP contribution in [0.2, 0.25) is 0 Å². The average molecular weight is 258 g/mol. The van der Waals surface area contributed by atoms with E-state index in [0.717, 1.165) is 0 Å². The molecule has 19 heavy (non-hydrogen) atoms. The summed E-state index contributed by atoms with van der Waals surface area (Å²) >= 11 is 0. The number of carbonyl (C=O) groups is 1. The lowest BCUT2D eigenvalue weighted by atomic mass is 10.2. The Hall–Kier alpha value is -2.55. The van der Waals surface area contributed by atoms with Gasteiger partial charge in [0, 0.05) is 0 Å². The maximum absolute atomic E-state index is 11.6. The lowest BCUT2D eigenvalue weighted by Crippen LogP contribution is -2.27. The highest BCUT2D eigenvalue weighted by Gasteiger charge is 2.17. The van der Waals surface area contributed by atoms with Crippen molar-refractivity contribution in [3.63, 3.8) is 0 Å². The number of H-pyrrole nitrogens is 1. The molecule has 0 bridgehead atoms. The summed E-state index contributed by atoms with van der Waals surface area (Å²) in [5.41, 5.74) is 1.32. The van der Waals surface area contributed by atoms with Crippen molar-refractivity contribution >= 4 is 23.1 Å². The molecular weight excluding hydrogens is 244 g/mol. The molecule has 0 atom stereocenters. The average Bonchev–Trinajstić information content (AvgIpc) is 2.66. The molecule has 0 spiro atoms. The Bertz CT molecular complexity index is 661. The van der Waals surface area contributed by atoms with E-state index in [1.54, 1.807) is 39.0 Å². The van der Waals surface area contributed by atoms with Gasteiger partial charge < -0.3 is 9.72 Å². The molecule has 2 N–H and O–H groups in total. The number of benzene rings is 1. The molecule has 0 aliphatic carbocycles. The molecule has 6 heteroatoms. The van der Waals surface area contributed by atoms with Crippen LogP contribution in [0.25, 0.3) is 11.0 Å². The zero-order valence-corrected chi connectivity index (χ0v) is 10.9. The van der Waals surface area contributed by atoms with Crippen LogP contribution in [0.5, 0.6) is 0 Å². The Morgan fingerprint density at radius 3 is 2.84 bits per heavy atom. The van der Waals surface area contributed by atoms with Gasteiger partial charge in [-0.15, -0.1) is 0 Å². The van der Waals surface area contributed by atoms with Crippen molar-refractivity contribution in [1.29, 1.82) is 5.26 Å². The van der Waals surface area contributed by atoms with Gasteiger partial charge in [0.05, 0.1) is 22.7 Å². The maximum atomic E-state index is 11.6. The zero-order valence-electron chi connectivity index (χ0n) is 10.9. The first-order valence-electron chi connectivity index (χ1n) is 5.77. The van der Waals surface area contributed by atoms with Gasteiger partial charge in [0.2, 0.25) is 5.95 Å². The number of fused-ring (bicyclic) bond motifs is 1. The van der Waals surface area contributed by atoms with Crippen molar-refractivity contribution in [2.24, 2.45) is 0 Å². The maximum Gasteiger partial charge on any atom is 0.414 e. The number of hydrogen-bond acceptors (Lipinski definition) is 4. The van der Waals surface area contributed by atoms with Crippen LogP contribution in [-0.2, 0) is 4.74 Å². The van der Waals surface area contributed by atoms with Crippen molar-refractivity contribution in [3.8, 4) is 6.07 Å². The predicted molar refractivity (Wildman–Crippen MR) is 70.7 cm³/mol. The highest BCUT2D eigenvalue weighted by atomic mass is 16.6. The molecule has 1 amide bonds. The van der Waals surface area contributed by atoms with Gasteiger partial charge in [0.25, 0.3) is 0 Å². The van der Waals surface area contributed by atoms with Gasteiger partial charge in [0.15, 0.2) is 0 Å². The van der Waals surface area contributed by atoms with Gasteiger partial charge >= 0.3 is 6.09 Å². The smallest absolute Gasteiger partial charge is 0.414 e. The highest BCUT2D eigenvalue weighted by Crippen LogP contribution is 2.16. The van der Waals surface area contributed by atoms with Crippen LogP contribution in [0.15, 0.2) is 18.2 Å². The Balaban J connectivity index is 2.18. The summed E-state index contributed by atoms with van der Waals surface area (Å²) in [6, 6.07) is 7.09. The number of ether oxygens (including phenoxy) is 1. The summed E-state index contributed by atoms with van der Waals surface area (Å²) in [5, 5.41) is 11.3. The predicted octanol–water partition coefficient (Wildman–Crippen LogP) is 2.78. The Kier molecular flexibility index (Phi) is 3.13. The second-order valence-electron chi connectivity index (χ2n) is 5.06. The Labute approximate surface area is 110 Å². The van der Waals surface area contributed by atoms with Crippen molar-refractivity contribution < 1.29 is 9.53 Å². The largest absolute Gasteiger partial charge is 0.444 e. The van der Waals surface area contributed by atoms with Crippen LogP contribution in [0.1, 0.15) is 26.3 Å². The molecular formula is C13H14N4O2. The molecule has 2 rings (SSSR count). The third-order valence-corrected chi connectivity index (χ3v) is 2.23. The van der Waals surface area contributed by atoms with Crippen LogP contribution in [0.4, 0.5) is 10.7 Å². The lowest BCUT2D eigenvalue weighted by molar-refractivity contribution is 0.0635. The molecule has 1 aromatic carbocycles. The fourth-order valence-corrected chi connectivity index (χ4v) is 1.54. The summed E-state index contributed by atoms with van der Waals surface area (Å²) in [5.74, 6) is 0.291. The molecule has 0 aliphatic heterocycles. The number of carbonyl (C=O) groups excluding carboxylic acids is 1. The van der Waals surface area contributed by atoms with Gasteiger partial charge in [-0.05, 0) is 39.0 Å². The molecule has 2 aromatic rings. The Morgan fingerprint density at radius 1 is 1.47 bits per heavy atom. The third kappa shape index (κ3) is 3.22. The van der Waals surface area contributed by atoms with Gasteiger partial charge in [-0.3, -0.25) is 5.32 Å². The minimum absolute atomic E-state index is 0.291. The summed E-state index contributed by atoms with van der Waals surface area (Å²) in [7, 11) is 0. The minimum atomic E-state index is -0.577. The number of amides is 1. The van der Waals surface area contributed by atoms with E-state index in [4.69, 9.17) is 10.00 Å². The van der Waals surface area contributed by atoms with E-state index in [-0.39, 0.29) is 0 Å². The first-order chi connectivity index (χ1) is 8.87. The quantitative estimate of drug-likeness (QED) is 0.822. The number of aromatic nitrogens is 2. The third-order valence-electron chi connectivity index (χ3n) is 2.23. The van der Waals surface area contributed by atoms with Gasteiger partial charge in [-0.2, -0.15) is 5.26 Å². The number of nitrogens with zero attached hydrogens (tertiary/aromatic N) is 2. The standard InChI is InChI=1S/C13H14N4O2/c1-13(2,3)19-12(18)17-11-15-9-5-4-8(7-14)6-10(9)16-11/h4-6H,1-3H3,(H2,15,16,17,18). The van der Waals surface area contributed by atoms with E-state index in [9.17, 15) is 4.79 Å². The molecule has 0 unspecified atom stereocenters. The molecule has 0 fully saturated rings. The van der Waals surface area contributed by atoms with E-state index >= 15 is 0 Å². The topological polar surface area (TPSA) is 90.8 Å². The van der Waals surface area contributed by atoms with Gasteiger partial charge in [-0.25, -0.2) is 9.78 Å². The van der Waals surface area contributed by atoms with E-state index in [0.29, 0.717) is 22.5 Å². The number of anilines is 1. The van der Waals surface area contributed by atoms with E-state index in [1.807, 2.05) is 6.07 Å². The van der Waals surface area contributed by atoms with Crippen LogP contribution in [0, 0.1) is 11.3 Å². The van der Waals surface area contributed by atoms with Crippen LogP contribution in [-0.4, -0.2) is 21.7 Å². The van der Waals surface area contributed by atoms with Crippen molar-refractivity contribution in [2.45, 2.75) is 26.4 Å². The highest BCUT2D eigenvalue weighted by molar-refractivity contribution is 5.86. The fraction of sp³-hybridized carbons (Fsp3) is 0.308. The monoisotopic (exact) mass is 258 g/mol. The van der Waals surface area contributed by atoms with Crippen LogP contribution in [0.3, 0.4) is 0 Å². The lowest BCUT2D eigenvalue weighted by Gasteiger charge is -2.18. The first-order valence-corrected chi connectivity index (χ1v) is 5.77. The van der Waals surface area contributed by atoms with Crippen molar-refractivity contribution in [2.75, 3.05) is 5.32 Å². The molecule has 0 saturated heterocycles. The van der Waals surface area contributed by atoms with E-state index < -0.39 is 11.7 Å². The van der Waals surface area contributed by atoms with E-state index in [1.165, 1.54) is 0 Å². The van der Waals surface area contributed by atoms with Crippen LogP contribution >= 0.6 is 0 Å². The minimum Gasteiger partial charge on any atom is -0.444 e. The second-order valence-corrected chi connectivity index (χ2v) is 5.06. The summed E-state index contributed by atoms with van der Waals surface area (Å²) in [4.78, 5) is 18.7. The SMILES string of the molecule is CC(C)(C)OC(=O)Nc1nc2ccc(C#N)cc2[nH]1. The molecule has 0 saturated carbocycles. The molecule has 0 aliphatic rings. The molecule has 1 heterocycles. The van der Waals surface area contributed by atoms with Gasteiger partial charge in [-0.1, -0.05) is 0 Å². The molecule has 0 radical (unpaired) electrons. The van der Waals surface area contributed by atoms with E-state index in [2.05, 4.69) is 15.3 Å². The van der Waals surface area contributed by atoms with Gasteiger partial charge in [0.1, 0.15) is 5.60 Å². The first kappa shape index (κ1) is 12.9.